The van der Waals surface area contributed by atoms with E-state index in [0.29, 0.717) is 25.9 Å². The number of nitrogens with zero attached hydrogens (tertiary/aromatic N) is 2. The molecule has 4 saturated heterocycles. The summed E-state index contributed by atoms with van der Waals surface area (Å²) >= 11 is 0. The summed E-state index contributed by atoms with van der Waals surface area (Å²) in [5.74, 6) is -0.691. The molecule has 3 amide bonds. The molecule has 20 heavy (non-hydrogen) atoms. The molecule has 0 aromatic rings. The monoisotopic (exact) mass is 280 g/mol. The molecule has 0 aromatic heterocycles. The molecule has 4 rings (SSSR count). The van der Waals surface area contributed by atoms with E-state index in [4.69, 9.17) is 9.47 Å². The predicted molar refractivity (Wildman–Crippen MR) is 64.3 cm³/mol. The van der Waals surface area contributed by atoms with Crippen molar-refractivity contribution in [2.45, 2.75) is 37.5 Å². The van der Waals surface area contributed by atoms with Crippen LogP contribution in [-0.2, 0) is 19.1 Å². The molecule has 7 nitrogen and oxygen atoms in total. The third-order valence-corrected chi connectivity index (χ3v) is 4.83. The number of carbonyl (C=O) groups excluding carboxylic acids is 3. The van der Waals surface area contributed by atoms with Crippen LogP contribution in [0.3, 0.4) is 0 Å². The molecule has 0 saturated carbocycles. The summed E-state index contributed by atoms with van der Waals surface area (Å²) < 4.78 is 10.7. The highest BCUT2D eigenvalue weighted by atomic mass is 16.6. The molecular formula is C13H16N2O5. The minimum Gasteiger partial charge on any atom is -0.447 e. The van der Waals surface area contributed by atoms with E-state index in [1.165, 1.54) is 0 Å². The first-order chi connectivity index (χ1) is 9.63. The molecule has 3 atom stereocenters. The Morgan fingerprint density at radius 1 is 1.25 bits per heavy atom. The Bertz CT molecular complexity index is 507. The molecule has 7 heteroatoms. The van der Waals surface area contributed by atoms with E-state index in [9.17, 15) is 14.4 Å². The van der Waals surface area contributed by atoms with Crippen LogP contribution >= 0.6 is 0 Å². The Kier molecular flexibility index (Phi) is 2.39. The van der Waals surface area contributed by atoms with Gasteiger partial charge in [0.2, 0.25) is 5.91 Å². The quantitative estimate of drug-likeness (QED) is 0.680. The van der Waals surface area contributed by atoms with Gasteiger partial charge in [-0.2, -0.15) is 0 Å². The molecule has 0 aliphatic carbocycles. The van der Waals surface area contributed by atoms with Crippen LogP contribution in [0.1, 0.15) is 25.7 Å². The third kappa shape index (κ3) is 1.36. The number of ether oxygens (including phenoxy) is 2. The van der Waals surface area contributed by atoms with Crippen molar-refractivity contribution < 1.29 is 23.9 Å². The van der Waals surface area contributed by atoms with Gasteiger partial charge in [0, 0.05) is 6.54 Å². The van der Waals surface area contributed by atoms with Gasteiger partial charge in [-0.25, -0.2) is 9.69 Å². The van der Waals surface area contributed by atoms with E-state index in [-0.39, 0.29) is 18.4 Å². The van der Waals surface area contributed by atoms with Gasteiger partial charge in [-0.1, -0.05) is 0 Å². The van der Waals surface area contributed by atoms with Gasteiger partial charge in [0.25, 0.3) is 5.91 Å². The summed E-state index contributed by atoms with van der Waals surface area (Å²) in [5, 5.41) is 0. The van der Waals surface area contributed by atoms with Gasteiger partial charge in [-0.15, -0.1) is 0 Å². The fourth-order valence-corrected chi connectivity index (χ4v) is 3.93. The van der Waals surface area contributed by atoms with Crippen LogP contribution in [-0.4, -0.2) is 59.2 Å². The van der Waals surface area contributed by atoms with Gasteiger partial charge in [-0.3, -0.25) is 9.59 Å². The standard InChI is InChI=1S/C13H16N2O5/c16-10(14-5-6-19-12(14)18)8-7-9-11(17)15-4-2-1-3-13(8,15)20-9/h8-9H,1-7H2/t8-,9-,13+/m1/s1. The lowest BCUT2D eigenvalue weighted by Gasteiger charge is -2.44. The minimum atomic E-state index is -0.806. The van der Waals surface area contributed by atoms with Crippen LogP contribution in [0, 0.1) is 5.92 Å². The van der Waals surface area contributed by atoms with Gasteiger partial charge in [0.1, 0.15) is 12.7 Å². The number of cyclic esters (lactones) is 1. The lowest BCUT2D eigenvalue weighted by Crippen LogP contribution is -2.59. The first kappa shape index (κ1) is 12.1. The molecule has 0 unspecified atom stereocenters. The Hall–Kier alpha value is -1.63. The van der Waals surface area contributed by atoms with Crippen molar-refractivity contribution in [1.82, 2.24) is 9.80 Å². The molecule has 4 heterocycles. The maximum Gasteiger partial charge on any atom is 0.416 e. The number of imide groups is 1. The van der Waals surface area contributed by atoms with Crippen LogP contribution in [0.25, 0.3) is 0 Å². The Balaban J connectivity index is 1.65. The molecule has 0 aromatic carbocycles. The second kappa shape index (κ2) is 3.94. The number of fused-ring (bicyclic) bond motifs is 1. The van der Waals surface area contributed by atoms with Crippen LogP contribution in [0.4, 0.5) is 4.79 Å². The Morgan fingerprint density at radius 3 is 2.85 bits per heavy atom. The van der Waals surface area contributed by atoms with E-state index in [1.54, 1.807) is 4.90 Å². The van der Waals surface area contributed by atoms with Crippen molar-refractivity contribution in [3.63, 3.8) is 0 Å². The summed E-state index contributed by atoms with van der Waals surface area (Å²) in [6, 6.07) is 0. The minimum absolute atomic E-state index is 0.00208. The van der Waals surface area contributed by atoms with Crippen LogP contribution in [0.5, 0.6) is 0 Å². The summed E-state index contributed by atoms with van der Waals surface area (Å²) in [6.07, 6.45) is 1.84. The van der Waals surface area contributed by atoms with Crippen molar-refractivity contribution in [3.05, 3.63) is 0 Å². The largest absolute Gasteiger partial charge is 0.447 e. The second-order valence-electron chi connectivity index (χ2n) is 5.79. The van der Waals surface area contributed by atoms with Gasteiger partial charge >= 0.3 is 6.09 Å². The number of amides is 3. The SMILES string of the molecule is O=C1OCCN1C(=O)[C@H]1C[C@H]2O[C@@]13CCCCN3C2=O. The zero-order valence-corrected chi connectivity index (χ0v) is 11.0. The van der Waals surface area contributed by atoms with Gasteiger partial charge in [0.05, 0.1) is 12.5 Å². The fraction of sp³-hybridized carbons (Fsp3) is 0.769. The van der Waals surface area contributed by atoms with E-state index in [0.717, 1.165) is 17.7 Å². The normalized spacial score (nSPS) is 39.2. The number of piperidine rings is 2. The topological polar surface area (TPSA) is 76.2 Å². The van der Waals surface area contributed by atoms with Crippen molar-refractivity contribution in [1.29, 1.82) is 0 Å². The van der Waals surface area contributed by atoms with Gasteiger partial charge < -0.3 is 14.4 Å². The fourth-order valence-electron chi connectivity index (χ4n) is 3.93. The van der Waals surface area contributed by atoms with Crippen LogP contribution < -0.4 is 0 Å². The molecule has 0 N–H and O–H groups in total. The number of hydrogen-bond acceptors (Lipinski definition) is 5. The maximum atomic E-state index is 12.6. The van der Waals surface area contributed by atoms with Crippen LogP contribution in [0.15, 0.2) is 0 Å². The van der Waals surface area contributed by atoms with E-state index >= 15 is 0 Å². The van der Waals surface area contributed by atoms with Gasteiger partial charge in [-0.05, 0) is 25.7 Å². The summed E-state index contributed by atoms with van der Waals surface area (Å²) in [4.78, 5) is 39.2. The van der Waals surface area contributed by atoms with Crippen LogP contribution in [0.2, 0.25) is 0 Å². The lowest BCUT2D eigenvalue weighted by atomic mass is 9.81. The van der Waals surface area contributed by atoms with Gasteiger partial charge in [0.15, 0.2) is 5.72 Å². The molecular weight excluding hydrogens is 264 g/mol. The van der Waals surface area contributed by atoms with E-state index in [1.807, 2.05) is 0 Å². The highest BCUT2D eigenvalue weighted by Crippen LogP contribution is 2.51. The van der Waals surface area contributed by atoms with Crippen molar-refractivity contribution in [2.75, 3.05) is 19.7 Å². The smallest absolute Gasteiger partial charge is 0.416 e. The highest BCUT2D eigenvalue weighted by molar-refractivity contribution is 5.97. The Morgan fingerprint density at radius 2 is 2.10 bits per heavy atom. The molecule has 1 spiro atoms. The molecule has 4 aliphatic heterocycles. The zero-order chi connectivity index (χ0) is 13.9. The van der Waals surface area contributed by atoms with Crippen molar-refractivity contribution in [3.8, 4) is 0 Å². The lowest BCUT2D eigenvalue weighted by molar-refractivity contribution is -0.160. The molecule has 4 fully saturated rings. The van der Waals surface area contributed by atoms with E-state index < -0.39 is 23.8 Å². The molecule has 108 valence electrons. The summed E-state index contributed by atoms with van der Waals surface area (Å²) in [7, 11) is 0. The molecule has 2 bridgehead atoms. The third-order valence-electron chi connectivity index (χ3n) is 4.83. The first-order valence-electron chi connectivity index (χ1n) is 7.11. The maximum absolute atomic E-state index is 12.6. The summed E-state index contributed by atoms with van der Waals surface area (Å²) in [5.41, 5.74) is -0.806. The number of rotatable bonds is 1. The van der Waals surface area contributed by atoms with Crippen molar-refractivity contribution >= 4 is 17.9 Å². The highest BCUT2D eigenvalue weighted by Gasteiger charge is 2.66. The zero-order valence-electron chi connectivity index (χ0n) is 11.0. The average Bonchev–Trinajstić information content (AvgIpc) is 3.09. The van der Waals surface area contributed by atoms with Crippen molar-refractivity contribution in [2.24, 2.45) is 5.92 Å². The molecule has 4 aliphatic rings. The average molecular weight is 280 g/mol. The number of carbonyl (C=O) groups is 3. The molecule has 0 radical (unpaired) electrons. The first-order valence-corrected chi connectivity index (χ1v) is 7.11. The number of hydrogen-bond donors (Lipinski definition) is 0. The Labute approximate surface area is 115 Å². The predicted octanol–water partition coefficient (Wildman–Crippen LogP) is 0.0927. The van der Waals surface area contributed by atoms with E-state index in [2.05, 4.69) is 0 Å². The summed E-state index contributed by atoms with van der Waals surface area (Å²) in [6.45, 7) is 1.18. The second-order valence-corrected chi connectivity index (χ2v) is 5.79.